The molecule has 0 spiro atoms. The lowest BCUT2D eigenvalue weighted by Gasteiger charge is -2.47. The molecular formula is C15H26NO+. The maximum absolute atomic E-state index is 5.40. The first-order valence-corrected chi connectivity index (χ1v) is 7.29. The van der Waals surface area contributed by atoms with Crippen molar-refractivity contribution >= 4 is 5.71 Å². The van der Waals surface area contributed by atoms with E-state index in [4.69, 9.17) is 4.74 Å². The van der Waals surface area contributed by atoms with E-state index in [0.29, 0.717) is 11.5 Å². The molecule has 1 aliphatic heterocycles. The van der Waals surface area contributed by atoms with E-state index in [1.54, 1.807) is 5.71 Å². The fourth-order valence-electron chi connectivity index (χ4n) is 4.82. The number of ether oxygens (including phenoxy) is 1. The topological polar surface area (TPSA) is 12.2 Å². The number of rotatable bonds is 2. The minimum absolute atomic E-state index is 0.470. The Morgan fingerprint density at radius 2 is 2.06 bits per heavy atom. The van der Waals surface area contributed by atoms with Crippen LogP contribution >= 0.6 is 0 Å². The molecule has 3 rings (SSSR count). The quantitative estimate of drug-likeness (QED) is 0.671. The zero-order valence-electron chi connectivity index (χ0n) is 11.5. The van der Waals surface area contributed by atoms with Crippen molar-refractivity contribution in [3.8, 4) is 0 Å². The van der Waals surface area contributed by atoms with E-state index in [-0.39, 0.29) is 0 Å². The monoisotopic (exact) mass is 236 g/mol. The van der Waals surface area contributed by atoms with Gasteiger partial charge >= 0.3 is 0 Å². The maximum atomic E-state index is 5.40. The molecule has 2 saturated carbocycles. The van der Waals surface area contributed by atoms with Crippen molar-refractivity contribution in [1.82, 2.24) is 0 Å². The van der Waals surface area contributed by atoms with Gasteiger partial charge in [-0.15, -0.1) is 0 Å². The van der Waals surface area contributed by atoms with Crippen molar-refractivity contribution in [1.29, 1.82) is 0 Å². The first kappa shape index (κ1) is 11.7. The first-order chi connectivity index (χ1) is 8.16. The Kier molecular flexibility index (Phi) is 2.81. The summed E-state index contributed by atoms with van der Waals surface area (Å²) in [5, 5.41) is 0. The molecule has 17 heavy (non-hydrogen) atoms. The molecule has 0 aromatic rings. The fraction of sp³-hybridized carbons (Fsp3) is 0.933. The van der Waals surface area contributed by atoms with Gasteiger partial charge in [-0.2, -0.15) is 0 Å². The number of hydrogen-bond acceptors (Lipinski definition) is 1. The molecule has 0 amide bonds. The van der Waals surface area contributed by atoms with Crippen molar-refractivity contribution in [2.45, 2.75) is 52.0 Å². The van der Waals surface area contributed by atoms with E-state index in [9.17, 15) is 0 Å². The third-order valence-corrected chi connectivity index (χ3v) is 5.50. The number of fused-ring (bicyclic) bond motifs is 1. The molecule has 0 N–H and O–H groups in total. The highest BCUT2D eigenvalue weighted by Gasteiger charge is 2.61. The van der Waals surface area contributed by atoms with Gasteiger partial charge in [-0.3, -0.25) is 0 Å². The van der Waals surface area contributed by atoms with Gasteiger partial charge in [-0.1, -0.05) is 20.3 Å². The molecular weight excluding hydrogens is 210 g/mol. The maximum Gasteiger partial charge on any atom is 0.176 e. The molecule has 2 heteroatoms. The van der Waals surface area contributed by atoms with Crippen molar-refractivity contribution in [2.24, 2.45) is 17.3 Å². The summed E-state index contributed by atoms with van der Waals surface area (Å²) in [6.07, 6.45) is 7.03. The van der Waals surface area contributed by atoms with Crippen LogP contribution in [0, 0.1) is 17.3 Å². The molecule has 3 unspecified atom stereocenters. The third-order valence-electron chi connectivity index (χ3n) is 5.50. The van der Waals surface area contributed by atoms with Crippen LogP contribution in [0.5, 0.6) is 0 Å². The number of methoxy groups -OCH3 is 1. The lowest BCUT2D eigenvalue weighted by atomic mass is 9.55. The van der Waals surface area contributed by atoms with Gasteiger partial charge in [0, 0.05) is 31.3 Å². The van der Waals surface area contributed by atoms with E-state index in [2.05, 4.69) is 18.4 Å². The van der Waals surface area contributed by atoms with Crippen LogP contribution in [0.1, 0.15) is 46.0 Å². The zero-order valence-corrected chi connectivity index (χ0v) is 11.5. The van der Waals surface area contributed by atoms with Crippen LogP contribution < -0.4 is 0 Å². The van der Waals surface area contributed by atoms with Crippen LogP contribution in [0.15, 0.2) is 0 Å². The molecule has 3 aliphatic rings. The van der Waals surface area contributed by atoms with Gasteiger partial charge in [0.25, 0.3) is 0 Å². The molecule has 0 radical (unpaired) electrons. The van der Waals surface area contributed by atoms with Crippen molar-refractivity contribution < 1.29 is 9.31 Å². The standard InChI is InChI=1S/C15H26NO/c1-15(2)13-8-4-7-12(13)14(15)16-9-5-6-11(16)10-17-3/h11-13H,4-10H2,1-3H3/q+1. The summed E-state index contributed by atoms with van der Waals surface area (Å²) in [5.41, 5.74) is 2.25. The van der Waals surface area contributed by atoms with E-state index >= 15 is 0 Å². The van der Waals surface area contributed by atoms with Gasteiger partial charge in [-0.25, -0.2) is 4.58 Å². The van der Waals surface area contributed by atoms with Crippen molar-refractivity contribution in [2.75, 3.05) is 20.3 Å². The molecule has 1 saturated heterocycles. The molecule has 0 aromatic carbocycles. The Morgan fingerprint density at radius 1 is 1.24 bits per heavy atom. The second-order valence-electron chi connectivity index (χ2n) is 6.70. The number of nitrogens with zero attached hydrogens (tertiary/aromatic N) is 1. The molecule has 2 aliphatic carbocycles. The highest BCUT2D eigenvalue weighted by molar-refractivity contribution is 5.94. The Labute approximate surface area is 105 Å². The molecule has 0 bridgehead atoms. The van der Waals surface area contributed by atoms with E-state index in [1.807, 2.05) is 7.11 Å². The summed E-state index contributed by atoms with van der Waals surface area (Å²) < 4.78 is 8.12. The second-order valence-corrected chi connectivity index (χ2v) is 6.70. The summed E-state index contributed by atoms with van der Waals surface area (Å²) in [5.74, 6) is 1.89. The van der Waals surface area contributed by atoms with Gasteiger partial charge in [0.15, 0.2) is 11.8 Å². The molecule has 3 atom stereocenters. The van der Waals surface area contributed by atoms with E-state index in [1.165, 1.54) is 38.6 Å². The van der Waals surface area contributed by atoms with Crippen LogP contribution in [0.2, 0.25) is 0 Å². The van der Waals surface area contributed by atoms with Gasteiger partial charge in [0.1, 0.15) is 13.2 Å². The summed E-state index contributed by atoms with van der Waals surface area (Å²) in [6.45, 7) is 7.13. The van der Waals surface area contributed by atoms with Crippen LogP contribution in [-0.2, 0) is 4.74 Å². The highest BCUT2D eigenvalue weighted by atomic mass is 16.5. The van der Waals surface area contributed by atoms with Gasteiger partial charge in [0.05, 0.1) is 0 Å². The van der Waals surface area contributed by atoms with Gasteiger partial charge < -0.3 is 4.74 Å². The lowest BCUT2D eigenvalue weighted by Crippen LogP contribution is -2.57. The van der Waals surface area contributed by atoms with Crippen LogP contribution in [0.4, 0.5) is 0 Å². The number of hydrogen-bond donors (Lipinski definition) is 0. The van der Waals surface area contributed by atoms with Crippen LogP contribution in [0.25, 0.3) is 0 Å². The predicted octanol–water partition coefficient (Wildman–Crippen LogP) is 2.70. The molecule has 3 fully saturated rings. The predicted molar refractivity (Wildman–Crippen MR) is 69.6 cm³/mol. The van der Waals surface area contributed by atoms with Crippen molar-refractivity contribution in [3.63, 3.8) is 0 Å². The molecule has 96 valence electrons. The summed E-state index contributed by atoms with van der Waals surface area (Å²) >= 11 is 0. The summed E-state index contributed by atoms with van der Waals surface area (Å²) in [4.78, 5) is 0. The molecule has 2 nitrogen and oxygen atoms in total. The summed E-state index contributed by atoms with van der Waals surface area (Å²) in [6, 6.07) is 0.663. The van der Waals surface area contributed by atoms with Gasteiger partial charge in [0.2, 0.25) is 0 Å². The first-order valence-electron chi connectivity index (χ1n) is 7.29. The van der Waals surface area contributed by atoms with Gasteiger partial charge in [-0.05, 0) is 18.8 Å². The Balaban J connectivity index is 1.91. The Morgan fingerprint density at radius 3 is 2.82 bits per heavy atom. The van der Waals surface area contributed by atoms with E-state index in [0.717, 1.165) is 18.4 Å². The molecule has 0 aromatic heterocycles. The summed E-state index contributed by atoms with van der Waals surface area (Å²) in [7, 11) is 1.84. The largest absolute Gasteiger partial charge is 0.378 e. The molecule has 1 heterocycles. The Hall–Kier alpha value is -0.370. The average Bonchev–Trinajstić information content (AvgIpc) is 2.88. The zero-order chi connectivity index (χ0) is 12.0. The van der Waals surface area contributed by atoms with Crippen molar-refractivity contribution in [3.05, 3.63) is 0 Å². The smallest absolute Gasteiger partial charge is 0.176 e. The minimum atomic E-state index is 0.470. The second kappa shape index (κ2) is 4.08. The lowest BCUT2D eigenvalue weighted by molar-refractivity contribution is -0.556. The SMILES string of the molecule is COCC1CCC[N+]1=C1C2CCCC2C1(C)C. The third kappa shape index (κ3) is 1.60. The van der Waals surface area contributed by atoms with Crippen LogP contribution in [-0.4, -0.2) is 36.6 Å². The minimum Gasteiger partial charge on any atom is -0.378 e. The average molecular weight is 236 g/mol. The van der Waals surface area contributed by atoms with Crippen LogP contribution in [0.3, 0.4) is 0 Å². The fourth-order valence-corrected chi connectivity index (χ4v) is 4.82. The van der Waals surface area contributed by atoms with E-state index < -0.39 is 0 Å². The highest BCUT2D eigenvalue weighted by Crippen LogP contribution is 2.56. The normalized spacial score (nSPS) is 43.6. The Bertz CT molecular complexity index is 345.